The van der Waals surface area contributed by atoms with Crippen LogP contribution in [0.1, 0.15) is 18.8 Å². The fourth-order valence-electron chi connectivity index (χ4n) is 2.17. The second-order valence-electron chi connectivity index (χ2n) is 5.14. The standard InChI is InChI=1S/C15H12BrCl2N7O/c1-8(13-21-7-22-25(13)14-19-3-2-4-20-14)23-15(26)24-12-10(16)5-9(17)6-11(12)18/h2-8H,1H3,(H2,23,24,26)/t8-/m0/s1. The summed E-state index contributed by atoms with van der Waals surface area (Å²) in [6.45, 7) is 1.77. The van der Waals surface area contributed by atoms with E-state index in [1.54, 1.807) is 31.5 Å². The van der Waals surface area contributed by atoms with Crippen LogP contribution in [0.25, 0.3) is 5.95 Å². The molecule has 0 unspecified atom stereocenters. The summed E-state index contributed by atoms with van der Waals surface area (Å²) < 4.78 is 2.02. The number of benzene rings is 1. The summed E-state index contributed by atoms with van der Waals surface area (Å²) in [5.41, 5.74) is 0.411. The van der Waals surface area contributed by atoms with Crippen LogP contribution in [0.4, 0.5) is 10.5 Å². The fraction of sp³-hybridized carbons (Fsp3) is 0.133. The van der Waals surface area contributed by atoms with E-state index in [1.807, 2.05) is 0 Å². The van der Waals surface area contributed by atoms with Crippen molar-refractivity contribution in [3.05, 3.63) is 57.3 Å². The molecule has 0 aliphatic heterocycles. The molecule has 0 radical (unpaired) electrons. The first-order valence-corrected chi connectivity index (χ1v) is 8.90. The van der Waals surface area contributed by atoms with Gasteiger partial charge in [-0.15, -0.1) is 0 Å². The van der Waals surface area contributed by atoms with Crippen LogP contribution >= 0.6 is 39.1 Å². The number of urea groups is 1. The van der Waals surface area contributed by atoms with Crippen molar-refractivity contribution in [3.63, 3.8) is 0 Å². The molecule has 1 aromatic carbocycles. The molecule has 2 aromatic heterocycles. The normalized spacial score (nSPS) is 11.8. The molecule has 3 aromatic rings. The fourth-order valence-corrected chi connectivity index (χ4v) is 3.52. The molecule has 0 aliphatic carbocycles. The number of amides is 2. The largest absolute Gasteiger partial charge is 0.328 e. The zero-order chi connectivity index (χ0) is 18.7. The summed E-state index contributed by atoms with van der Waals surface area (Å²) in [4.78, 5) is 24.8. The molecule has 0 aliphatic rings. The van der Waals surface area contributed by atoms with Crippen LogP contribution in [0, 0.1) is 0 Å². The van der Waals surface area contributed by atoms with Gasteiger partial charge in [0.05, 0.1) is 16.8 Å². The molecule has 0 fully saturated rings. The molecule has 2 amide bonds. The maximum Gasteiger partial charge on any atom is 0.319 e. The second-order valence-corrected chi connectivity index (χ2v) is 6.84. The van der Waals surface area contributed by atoms with Crippen LogP contribution in [0.3, 0.4) is 0 Å². The zero-order valence-corrected chi connectivity index (χ0v) is 16.4. The highest BCUT2D eigenvalue weighted by atomic mass is 79.9. The number of halogens is 3. The van der Waals surface area contributed by atoms with Gasteiger partial charge in [0, 0.05) is 21.9 Å². The number of hydrogen-bond acceptors (Lipinski definition) is 5. The van der Waals surface area contributed by atoms with Crippen molar-refractivity contribution < 1.29 is 4.79 Å². The maximum atomic E-state index is 12.3. The van der Waals surface area contributed by atoms with Gasteiger partial charge in [-0.05, 0) is 41.1 Å². The minimum Gasteiger partial charge on any atom is -0.328 e. The lowest BCUT2D eigenvalue weighted by Crippen LogP contribution is -2.33. The third-order valence-electron chi connectivity index (χ3n) is 3.30. The molecule has 8 nitrogen and oxygen atoms in total. The lowest BCUT2D eigenvalue weighted by Gasteiger charge is -2.16. The van der Waals surface area contributed by atoms with E-state index in [-0.39, 0.29) is 0 Å². The Balaban J connectivity index is 1.74. The Labute approximate surface area is 167 Å². The van der Waals surface area contributed by atoms with Crippen molar-refractivity contribution >= 4 is 50.9 Å². The molecular formula is C15H12BrCl2N7O. The number of rotatable bonds is 4. The van der Waals surface area contributed by atoms with Gasteiger partial charge >= 0.3 is 6.03 Å². The summed E-state index contributed by atoms with van der Waals surface area (Å²) in [5, 5.41) is 10.3. The topological polar surface area (TPSA) is 97.6 Å². The molecular weight excluding hydrogens is 445 g/mol. The van der Waals surface area contributed by atoms with Gasteiger partial charge in [-0.3, -0.25) is 0 Å². The summed E-state index contributed by atoms with van der Waals surface area (Å²) in [7, 11) is 0. The van der Waals surface area contributed by atoms with Crippen molar-refractivity contribution in [2.75, 3.05) is 5.32 Å². The Bertz CT molecular complexity index is 912. The molecule has 0 saturated heterocycles. The molecule has 3 rings (SSSR count). The Kier molecular flexibility index (Phi) is 5.70. The van der Waals surface area contributed by atoms with Crippen molar-refractivity contribution in [2.24, 2.45) is 0 Å². The zero-order valence-electron chi connectivity index (χ0n) is 13.3. The maximum absolute atomic E-state index is 12.3. The third kappa shape index (κ3) is 4.12. The smallest absolute Gasteiger partial charge is 0.319 e. The Hall–Kier alpha value is -2.23. The average Bonchev–Trinajstić information content (AvgIpc) is 3.08. The lowest BCUT2D eigenvalue weighted by atomic mass is 10.3. The summed E-state index contributed by atoms with van der Waals surface area (Å²) in [5.74, 6) is 0.838. The Morgan fingerprint density at radius 2 is 1.96 bits per heavy atom. The van der Waals surface area contributed by atoms with Gasteiger partial charge < -0.3 is 10.6 Å². The van der Waals surface area contributed by atoms with Gasteiger partial charge in [0.1, 0.15) is 6.33 Å². The highest BCUT2D eigenvalue weighted by molar-refractivity contribution is 9.10. The minimum atomic E-state index is -0.467. The van der Waals surface area contributed by atoms with Gasteiger partial charge in [-0.2, -0.15) is 9.78 Å². The molecule has 134 valence electrons. The van der Waals surface area contributed by atoms with E-state index in [4.69, 9.17) is 23.2 Å². The summed E-state index contributed by atoms with van der Waals surface area (Å²) in [6, 6.07) is 3.94. The summed E-state index contributed by atoms with van der Waals surface area (Å²) >= 11 is 15.4. The van der Waals surface area contributed by atoms with E-state index in [1.165, 1.54) is 17.1 Å². The van der Waals surface area contributed by atoms with Gasteiger partial charge in [-0.25, -0.2) is 19.7 Å². The molecule has 11 heteroatoms. The molecule has 0 spiro atoms. The van der Waals surface area contributed by atoms with E-state index in [9.17, 15) is 4.79 Å². The number of nitrogens with zero attached hydrogens (tertiary/aromatic N) is 5. The van der Waals surface area contributed by atoms with Crippen molar-refractivity contribution in [3.8, 4) is 5.95 Å². The van der Waals surface area contributed by atoms with Crippen LogP contribution < -0.4 is 10.6 Å². The van der Waals surface area contributed by atoms with E-state index in [0.29, 0.717) is 32.0 Å². The number of hydrogen-bond donors (Lipinski definition) is 2. The number of nitrogens with one attached hydrogen (secondary N) is 2. The van der Waals surface area contributed by atoms with Gasteiger partial charge in [0.2, 0.25) is 0 Å². The van der Waals surface area contributed by atoms with E-state index in [0.717, 1.165) is 0 Å². The van der Waals surface area contributed by atoms with E-state index < -0.39 is 12.1 Å². The number of aromatic nitrogens is 5. The van der Waals surface area contributed by atoms with Crippen LogP contribution in [0.5, 0.6) is 0 Å². The molecule has 1 atom stereocenters. The monoisotopic (exact) mass is 455 g/mol. The quantitative estimate of drug-likeness (QED) is 0.618. The average molecular weight is 457 g/mol. The minimum absolute atomic E-state index is 0.313. The molecule has 0 bridgehead atoms. The lowest BCUT2D eigenvalue weighted by molar-refractivity contribution is 0.248. The number of carbonyl (C=O) groups excluding carboxylic acids is 1. The van der Waals surface area contributed by atoms with E-state index in [2.05, 4.69) is 46.6 Å². The van der Waals surface area contributed by atoms with Crippen LogP contribution in [-0.2, 0) is 0 Å². The molecule has 26 heavy (non-hydrogen) atoms. The van der Waals surface area contributed by atoms with Crippen LogP contribution in [0.2, 0.25) is 10.0 Å². The van der Waals surface area contributed by atoms with Gasteiger partial charge in [-0.1, -0.05) is 23.2 Å². The second kappa shape index (κ2) is 7.98. The molecule has 0 saturated carbocycles. The highest BCUT2D eigenvalue weighted by Gasteiger charge is 2.19. The number of anilines is 1. The molecule has 2 N–H and O–H groups in total. The predicted octanol–water partition coefficient (Wildman–Crippen LogP) is 4.01. The third-order valence-corrected chi connectivity index (χ3v) is 4.44. The molecule has 2 heterocycles. The summed E-state index contributed by atoms with van der Waals surface area (Å²) in [6.07, 6.45) is 4.56. The number of carbonyl (C=O) groups is 1. The Morgan fingerprint density at radius 3 is 2.65 bits per heavy atom. The van der Waals surface area contributed by atoms with Crippen molar-refractivity contribution in [1.29, 1.82) is 0 Å². The Morgan fingerprint density at radius 1 is 1.23 bits per heavy atom. The SMILES string of the molecule is C[C@H](NC(=O)Nc1c(Cl)cc(Cl)cc1Br)c1ncnn1-c1ncccn1. The highest BCUT2D eigenvalue weighted by Crippen LogP contribution is 2.33. The first-order chi connectivity index (χ1) is 12.5. The van der Waals surface area contributed by atoms with Crippen LogP contribution in [0.15, 0.2) is 41.4 Å². The first kappa shape index (κ1) is 18.6. The van der Waals surface area contributed by atoms with Gasteiger partial charge in [0.25, 0.3) is 5.95 Å². The van der Waals surface area contributed by atoms with Crippen LogP contribution in [-0.4, -0.2) is 30.8 Å². The van der Waals surface area contributed by atoms with Gasteiger partial charge in [0.15, 0.2) is 5.82 Å². The van der Waals surface area contributed by atoms with Crippen molar-refractivity contribution in [2.45, 2.75) is 13.0 Å². The first-order valence-electron chi connectivity index (χ1n) is 7.35. The predicted molar refractivity (Wildman–Crippen MR) is 102 cm³/mol. The van der Waals surface area contributed by atoms with Crippen molar-refractivity contribution in [1.82, 2.24) is 30.0 Å². The van der Waals surface area contributed by atoms with E-state index >= 15 is 0 Å².